The summed E-state index contributed by atoms with van der Waals surface area (Å²) < 4.78 is 7.20. The largest absolute Gasteiger partial charge is 0.382 e. The van der Waals surface area contributed by atoms with Crippen molar-refractivity contribution >= 4 is 29.9 Å². The second-order valence-corrected chi connectivity index (χ2v) is 5.17. The second-order valence-electron chi connectivity index (χ2n) is 5.17. The highest BCUT2D eigenvalue weighted by molar-refractivity contribution is 14.0. The van der Waals surface area contributed by atoms with Crippen LogP contribution in [0.25, 0.3) is 5.82 Å². The van der Waals surface area contributed by atoms with Crippen LogP contribution >= 0.6 is 24.0 Å². The lowest BCUT2D eigenvalue weighted by Crippen LogP contribution is -2.38. The van der Waals surface area contributed by atoms with E-state index in [-0.39, 0.29) is 24.0 Å². The smallest absolute Gasteiger partial charge is 0.191 e. The fraction of sp³-hybridized carbons (Fsp3) is 0.471. The highest BCUT2D eigenvalue weighted by Crippen LogP contribution is 2.06. The van der Waals surface area contributed by atoms with Gasteiger partial charge in [0.2, 0.25) is 0 Å². The first kappa shape index (κ1) is 21.4. The minimum absolute atomic E-state index is 0. The molecule has 0 amide bonds. The van der Waals surface area contributed by atoms with E-state index in [1.165, 1.54) is 0 Å². The maximum Gasteiger partial charge on any atom is 0.191 e. The molecule has 2 aromatic rings. The first-order valence-electron chi connectivity index (χ1n) is 8.36. The molecule has 2 N–H and O–H groups in total. The second kappa shape index (κ2) is 12.6. The molecule has 0 aliphatic carbocycles. The van der Waals surface area contributed by atoms with Gasteiger partial charge in [-0.1, -0.05) is 6.07 Å². The SMILES string of the molecule is CCNC(=NCc1ccc(-n2ccnc2)nc1)NCCCOCC.I. The Morgan fingerprint density at radius 2 is 2.16 bits per heavy atom. The van der Waals surface area contributed by atoms with E-state index in [0.29, 0.717) is 6.54 Å². The average Bonchev–Trinajstić information content (AvgIpc) is 3.14. The highest BCUT2D eigenvalue weighted by atomic mass is 127. The van der Waals surface area contributed by atoms with Crippen LogP contribution in [-0.4, -0.2) is 46.8 Å². The predicted octanol–water partition coefficient (Wildman–Crippen LogP) is 2.37. The Bertz CT molecular complexity index is 600. The van der Waals surface area contributed by atoms with Crippen molar-refractivity contribution in [1.82, 2.24) is 25.2 Å². The highest BCUT2D eigenvalue weighted by Gasteiger charge is 2.00. The molecule has 2 rings (SSSR count). The zero-order valence-electron chi connectivity index (χ0n) is 14.8. The fourth-order valence-corrected chi connectivity index (χ4v) is 2.10. The van der Waals surface area contributed by atoms with E-state index >= 15 is 0 Å². The summed E-state index contributed by atoms with van der Waals surface area (Å²) in [4.78, 5) is 13.0. The van der Waals surface area contributed by atoms with Crippen LogP contribution in [0.4, 0.5) is 0 Å². The molecule has 0 aliphatic rings. The van der Waals surface area contributed by atoms with Crippen molar-refractivity contribution in [2.75, 3.05) is 26.3 Å². The van der Waals surface area contributed by atoms with Gasteiger partial charge in [0, 0.05) is 44.9 Å². The number of aliphatic imine (C=N–C) groups is 1. The third kappa shape index (κ3) is 7.82. The minimum atomic E-state index is 0. The Kier molecular flexibility index (Phi) is 10.8. The molecule has 8 heteroatoms. The molecule has 0 aromatic carbocycles. The lowest BCUT2D eigenvalue weighted by molar-refractivity contribution is 0.145. The maximum absolute atomic E-state index is 5.33. The zero-order valence-corrected chi connectivity index (χ0v) is 17.1. The number of nitrogens with one attached hydrogen (secondary N) is 2. The molecule has 0 bridgehead atoms. The normalized spacial score (nSPS) is 11.0. The number of nitrogens with zero attached hydrogens (tertiary/aromatic N) is 4. The number of rotatable bonds is 9. The van der Waals surface area contributed by atoms with Gasteiger partial charge in [0.25, 0.3) is 0 Å². The lowest BCUT2D eigenvalue weighted by atomic mass is 10.3. The Hall–Kier alpha value is -1.68. The van der Waals surface area contributed by atoms with Crippen molar-refractivity contribution in [2.24, 2.45) is 4.99 Å². The molecular weight excluding hydrogens is 431 g/mol. The maximum atomic E-state index is 5.33. The van der Waals surface area contributed by atoms with Crippen LogP contribution in [0.2, 0.25) is 0 Å². The molecule has 138 valence electrons. The van der Waals surface area contributed by atoms with Crippen LogP contribution < -0.4 is 10.6 Å². The molecular formula is C17H27IN6O. The topological polar surface area (TPSA) is 76.4 Å². The first-order valence-corrected chi connectivity index (χ1v) is 8.36. The van der Waals surface area contributed by atoms with Crippen molar-refractivity contribution in [3.63, 3.8) is 0 Å². The van der Waals surface area contributed by atoms with Crippen LogP contribution in [0.5, 0.6) is 0 Å². The van der Waals surface area contributed by atoms with Crippen LogP contribution in [-0.2, 0) is 11.3 Å². The van der Waals surface area contributed by atoms with E-state index in [1.54, 1.807) is 12.5 Å². The number of ether oxygens (including phenoxy) is 1. The number of aromatic nitrogens is 3. The summed E-state index contributed by atoms with van der Waals surface area (Å²) in [5, 5.41) is 6.55. The Balaban J connectivity index is 0.00000312. The number of guanidine groups is 1. The molecule has 7 nitrogen and oxygen atoms in total. The Morgan fingerprint density at radius 3 is 2.80 bits per heavy atom. The summed E-state index contributed by atoms with van der Waals surface area (Å²) in [5.41, 5.74) is 1.06. The van der Waals surface area contributed by atoms with Crippen molar-refractivity contribution in [3.05, 3.63) is 42.6 Å². The quantitative estimate of drug-likeness (QED) is 0.261. The van der Waals surface area contributed by atoms with Gasteiger partial charge in [-0.3, -0.25) is 4.57 Å². The minimum Gasteiger partial charge on any atom is -0.382 e. The summed E-state index contributed by atoms with van der Waals surface area (Å²) in [6, 6.07) is 4.00. The molecule has 0 fully saturated rings. The number of hydrogen-bond donors (Lipinski definition) is 2. The fourth-order valence-electron chi connectivity index (χ4n) is 2.10. The lowest BCUT2D eigenvalue weighted by Gasteiger charge is -2.11. The van der Waals surface area contributed by atoms with Gasteiger partial charge in [-0.15, -0.1) is 24.0 Å². The summed E-state index contributed by atoms with van der Waals surface area (Å²) >= 11 is 0. The van der Waals surface area contributed by atoms with Gasteiger partial charge in [-0.2, -0.15) is 0 Å². The van der Waals surface area contributed by atoms with Crippen LogP contribution in [0.1, 0.15) is 25.8 Å². The average molecular weight is 458 g/mol. The van der Waals surface area contributed by atoms with E-state index in [1.807, 2.05) is 36.0 Å². The first-order chi connectivity index (χ1) is 11.8. The van der Waals surface area contributed by atoms with Crippen LogP contribution in [0.15, 0.2) is 42.0 Å². The van der Waals surface area contributed by atoms with Gasteiger partial charge >= 0.3 is 0 Å². The van der Waals surface area contributed by atoms with E-state index in [9.17, 15) is 0 Å². The zero-order chi connectivity index (χ0) is 17.0. The molecule has 2 aromatic heterocycles. The molecule has 0 saturated carbocycles. The molecule has 0 unspecified atom stereocenters. The van der Waals surface area contributed by atoms with E-state index < -0.39 is 0 Å². The molecule has 0 aliphatic heterocycles. The third-order valence-corrected chi connectivity index (χ3v) is 3.30. The summed E-state index contributed by atoms with van der Waals surface area (Å²) in [6.45, 7) is 7.83. The number of imidazole rings is 1. The number of pyridine rings is 1. The van der Waals surface area contributed by atoms with Gasteiger partial charge in [0.15, 0.2) is 5.96 Å². The molecule has 25 heavy (non-hydrogen) atoms. The van der Waals surface area contributed by atoms with Crippen LogP contribution in [0.3, 0.4) is 0 Å². The molecule has 0 radical (unpaired) electrons. The third-order valence-electron chi connectivity index (χ3n) is 3.30. The standard InChI is InChI=1S/C17H26N6O.HI/c1-3-19-17(20-8-5-11-24-4-2)22-13-15-6-7-16(21-12-15)23-10-9-18-14-23;/h6-7,9-10,12,14H,3-5,8,11,13H2,1-2H3,(H2,19,20,22);1H. The summed E-state index contributed by atoms with van der Waals surface area (Å²) in [5.74, 6) is 1.66. The van der Waals surface area contributed by atoms with Crippen molar-refractivity contribution in [1.29, 1.82) is 0 Å². The predicted molar refractivity (Wildman–Crippen MR) is 111 cm³/mol. The van der Waals surface area contributed by atoms with Gasteiger partial charge < -0.3 is 15.4 Å². The van der Waals surface area contributed by atoms with Crippen molar-refractivity contribution in [3.8, 4) is 5.82 Å². The van der Waals surface area contributed by atoms with Gasteiger partial charge in [0.1, 0.15) is 12.1 Å². The van der Waals surface area contributed by atoms with Crippen molar-refractivity contribution in [2.45, 2.75) is 26.8 Å². The van der Waals surface area contributed by atoms with Gasteiger partial charge in [-0.25, -0.2) is 15.0 Å². The van der Waals surface area contributed by atoms with E-state index in [4.69, 9.17) is 4.74 Å². The Labute approximate surface area is 166 Å². The van der Waals surface area contributed by atoms with Gasteiger partial charge in [-0.05, 0) is 31.9 Å². The van der Waals surface area contributed by atoms with E-state index in [0.717, 1.165) is 50.1 Å². The molecule has 0 saturated heterocycles. The van der Waals surface area contributed by atoms with Crippen LogP contribution in [0, 0.1) is 0 Å². The monoisotopic (exact) mass is 458 g/mol. The number of halogens is 1. The molecule has 0 atom stereocenters. The molecule has 2 heterocycles. The molecule has 0 spiro atoms. The number of hydrogen-bond acceptors (Lipinski definition) is 4. The summed E-state index contributed by atoms with van der Waals surface area (Å²) in [6.07, 6.45) is 8.14. The summed E-state index contributed by atoms with van der Waals surface area (Å²) in [7, 11) is 0. The van der Waals surface area contributed by atoms with E-state index in [2.05, 4.69) is 32.5 Å². The van der Waals surface area contributed by atoms with Gasteiger partial charge in [0.05, 0.1) is 6.54 Å². The van der Waals surface area contributed by atoms with Crippen molar-refractivity contribution < 1.29 is 4.74 Å². The Morgan fingerprint density at radius 1 is 1.28 bits per heavy atom.